The van der Waals surface area contributed by atoms with E-state index in [9.17, 15) is 14.5 Å². The van der Waals surface area contributed by atoms with Gasteiger partial charge in [-0.1, -0.05) is 20.3 Å². The van der Waals surface area contributed by atoms with E-state index in [1.807, 2.05) is 13.8 Å². The zero-order chi connectivity index (χ0) is 18.1. The number of aliphatic hydroxyl groups is 1. The van der Waals surface area contributed by atoms with Gasteiger partial charge >= 0.3 is 35.7 Å². The van der Waals surface area contributed by atoms with Gasteiger partial charge in [0, 0.05) is 12.7 Å². The quantitative estimate of drug-likeness (QED) is 0.437. The van der Waals surface area contributed by atoms with Crippen molar-refractivity contribution in [2.24, 2.45) is 0 Å². The van der Waals surface area contributed by atoms with Crippen LogP contribution in [0.2, 0.25) is 0 Å². The molecule has 0 aliphatic rings. The van der Waals surface area contributed by atoms with Crippen LogP contribution < -0.4 is 34.9 Å². The Bertz CT molecular complexity index is 404. The van der Waals surface area contributed by atoms with E-state index in [0.717, 1.165) is 19.3 Å². The molecule has 0 saturated carbocycles. The summed E-state index contributed by atoms with van der Waals surface area (Å²) < 4.78 is 23.6. The minimum absolute atomic E-state index is 0. The molecule has 0 radical (unpaired) electrons. The van der Waals surface area contributed by atoms with E-state index in [1.165, 1.54) is 0 Å². The van der Waals surface area contributed by atoms with Crippen molar-refractivity contribution in [1.29, 1.82) is 0 Å². The van der Waals surface area contributed by atoms with Gasteiger partial charge in [-0.25, -0.2) is 4.79 Å². The van der Waals surface area contributed by atoms with Crippen LogP contribution in [0.1, 0.15) is 62.2 Å². The number of unbranched alkanes of at least 4 members (excludes halogenated alkanes) is 1. The number of amides is 1. The van der Waals surface area contributed by atoms with Gasteiger partial charge < -0.3 is 21.1 Å². The molecule has 2 N–H and O–H groups in total. The number of hydrogen-bond donors (Lipinski definition) is 2. The maximum Gasteiger partial charge on any atom is 1.00 e. The summed E-state index contributed by atoms with van der Waals surface area (Å²) in [6.45, 7) is 11.2. The summed E-state index contributed by atoms with van der Waals surface area (Å²) in [4.78, 5) is 11.7. The van der Waals surface area contributed by atoms with Crippen molar-refractivity contribution in [3.8, 4) is 0 Å². The number of nitrogens with one attached hydrogen (secondary N) is 1. The smallest absolute Gasteiger partial charge is 1.00 e. The number of carbonyl (C=O) groups excluding carboxylic acids is 1. The average molecular weight is 375 g/mol. The summed E-state index contributed by atoms with van der Waals surface area (Å²) in [6, 6.07) is 0. The SMILES string of the molecule is CCCCP(=O)(CC(C)(O)CNC(=O)OC(C)(C)C)OCCC.[H-].[Na+]. The summed E-state index contributed by atoms with van der Waals surface area (Å²) >= 11 is 0. The zero-order valence-corrected chi connectivity index (χ0v) is 19.4. The van der Waals surface area contributed by atoms with Crippen LogP contribution in [0.25, 0.3) is 0 Å². The maximum absolute atomic E-state index is 12.9. The van der Waals surface area contributed by atoms with Crippen molar-refractivity contribution >= 4 is 13.5 Å². The maximum atomic E-state index is 12.9. The third-order valence-corrected chi connectivity index (χ3v) is 5.79. The van der Waals surface area contributed by atoms with Gasteiger partial charge in [0.1, 0.15) is 5.60 Å². The number of ether oxygens (including phenoxy) is 1. The Morgan fingerprint density at radius 1 is 1.21 bits per heavy atom. The van der Waals surface area contributed by atoms with Crippen molar-refractivity contribution in [2.45, 2.75) is 72.0 Å². The minimum Gasteiger partial charge on any atom is -1.00 e. The Labute approximate surface area is 170 Å². The number of hydrogen-bond acceptors (Lipinski definition) is 5. The second-order valence-corrected chi connectivity index (χ2v) is 9.89. The Balaban J connectivity index is -0.00000242. The van der Waals surface area contributed by atoms with Crippen LogP contribution in [-0.4, -0.2) is 47.9 Å². The van der Waals surface area contributed by atoms with E-state index in [2.05, 4.69) is 5.32 Å². The predicted octanol–water partition coefficient (Wildman–Crippen LogP) is 0.883. The van der Waals surface area contributed by atoms with E-state index >= 15 is 0 Å². The van der Waals surface area contributed by atoms with Gasteiger partial charge in [0.15, 0.2) is 0 Å². The second-order valence-electron chi connectivity index (χ2n) is 7.24. The second kappa shape index (κ2) is 11.9. The van der Waals surface area contributed by atoms with E-state index in [4.69, 9.17) is 9.26 Å². The fraction of sp³-hybridized carbons (Fsp3) is 0.938. The molecule has 2 unspecified atom stereocenters. The number of rotatable bonds is 10. The molecule has 0 aromatic carbocycles. The molecule has 0 aliphatic carbocycles. The Kier molecular flexibility index (Phi) is 13.2. The first kappa shape index (κ1) is 26.6. The number of alkyl carbamates (subject to hydrolysis) is 1. The van der Waals surface area contributed by atoms with Crippen molar-refractivity contribution in [3.05, 3.63) is 0 Å². The van der Waals surface area contributed by atoms with E-state index < -0.39 is 24.7 Å². The van der Waals surface area contributed by atoms with Crippen LogP contribution in [0.5, 0.6) is 0 Å². The van der Waals surface area contributed by atoms with Crippen molar-refractivity contribution in [3.63, 3.8) is 0 Å². The molecule has 140 valence electrons. The third kappa shape index (κ3) is 13.7. The molecule has 0 fully saturated rings. The monoisotopic (exact) mass is 375 g/mol. The van der Waals surface area contributed by atoms with Crippen LogP contribution in [0, 0.1) is 0 Å². The normalized spacial score (nSPS) is 16.5. The van der Waals surface area contributed by atoms with Gasteiger partial charge in [-0.3, -0.25) is 4.57 Å². The number of carbonyl (C=O) groups is 1. The summed E-state index contributed by atoms with van der Waals surface area (Å²) in [7, 11) is -2.92. The van der Waals surface area contributed by atoms with Crippen LogP contribution in [0.15, 0.2) is 0 Å². The van der Waals surface area contributed by atoms with Crippen molar-refractivity contribution in [1.82, 2.24) is 5.32 Å². The minimum atomic E-state index is -2.92. The molecule has 8 heteroatoms. The van der Waals surface area contributed by atoms with Crippen molar-refractivity contribution in [2.75, 3.05) is 25.5 Å². The Hall–Kier alpha value is 0.420. The Morgan fingerprint density at radius 3 is 2.25 bits per heavy atom. The van der Waals surface area contributed by atoms with E-state index in [-0.39, 0.29) is 43.7 Å². The average Bonchev–Trinajstić information content (AvgIpc) is 2.39. The van der Waals surface area contributed by atoms with Crippen LogP contribution >= 0.6 is 7.37 Å². The third-order valence-electron chi connectivity index (χ3n) is 2.98. The van der Waals surface area contributed by atoms with Gasteiger partial charge in [0.25, 0.3) is 0 Å². The molecule has 0 bridgehead atoms. The van der Waals surface area contributed by atoms with Gasteiger partial charge in [0.2, 0.25) is 7.37 Å². The van der Waals surface area contributed by atoms with Crippen LogP contribution in [0.3, 0.4) is 0 Å². The summed E-state index contributed by atoms with van der Waals surface area (Å²) in [5, 5.41) is 13.0. The van der Waals surface area contributed by atoms with Gasteiger partial charge in [-0.15, -0.1) is 0 Å². The van der Waals surface area contributed by atoms with Crippen LogP contribution in [0.4, 0.5) is 4.79 Å². The molecule has 24 heavy (non-hydrogen) atoms. The van der Waals surface area contributed by atoms with E-state index in [0.29, 0.717) is 12.8 Å². The predicted molar refractivity (Wildman–Crippen MR) is 94.5 cm³/mol. The summed E-state index contributed by atoms with van der Waals surface area (Å²) in [5.41, 5.74) is -1.91. The fourth-order valence-corrected chi connectivity index (χ4v) is 4.84. The van der Waals surface area contributed by atoms with Gasteiger partial charge in [-0.2, -0.15) is 0 Å². The molecular formula is C16H35NNaO5P. The van der Waals surface area contributed by atoms with E-state index in [1.54, 1.807) is 27.7 Å². The first-order valence-corrected chi connectivity index (χ1v) is 10.3. The Morgan fingerprint density at radius 2 is 1.79 bits per heavy atom. The molecule has 0 aliphatic heterocycles. The van der Waals surface area contributed by atoms with Gasteiger partial charge in [-0.05, 0) is 40.5 Å². The molecule has 0 heterocycles. The first-order chi connectivity index (χ1) is 10.4. The molecule has 0 aromatic rings. The molecule has 0 aromatic heterocycles. The molecule has 0 rings (SSSR count). The molecule has 6 nitrogen and oxygen atoms in total. The summed E-state index contributed by atoms with van der Waals surface area (Å²) in [6.07, 6.45) is 2.35. The topological polar surface area (TPSA) is 84.9 Å². The van der Waals surface area contributed by atoms with Gasteiger partial charge in [0.05, 0.1) is 18.4 Å². The fourth-order valence-electron chi connectivity index (χ4n) is 2.00. The first-order valence-electron chi connectivity index (χ1n) is 8.35. The molecule has 0 spiro atoms. The van der Waals surface area contributed by atoms with Crippen LogP contribution in [-0.2, 0) is 13.8 Å². The molecule has 2 atom stereocenters. The molecular weight excluding hydrogens is 340 g/mol. The zero-order valence-electron chi connectivity index (χ0n) is 17.5. The molecule has 1 amide bonds. The molecule has 0 saturated heterocycles. The largest absolute Gasteiger partial charge is 1.00 e. The summed E-state index contributed by atoms with van der Waals surface area (Å²) in [5.74, 6) is 0. The van der Waals surface area contributed by atoms with Crippen molar-refractivity contribution < 1.29 is 54.7 Å². The standard InChI is InChI=1S/C16H34NO5P.Na.H/c1-7-9-11-23(20,21-10-8-2)13-16(6,19)12-17-14(18)22-15(3,4)5;;/h19H,7-13H2,1-6H3,(H,17,18);;/q;+1;-1.